The van der Waals surface area contributed by atoms with Crippen molar-refractivity contribution >= 4 is 21.6 Å². The second-order valence-corrected chi connectivity index (χ2v) is 6.26. The Labute approximate surface area is 121 Å². The predicted octanol–water partition coefficient (Wildman–Crippen LogP) is 2.86. The molecule has 4 rings (SSSR count). The Morgan fingerprint density at radius 2 is 2.25 bits per heavy atom. The maximum atomic E-state index is 5.88. The summed E-state index contributed by atoms with van der Waals surface area (Å²) in [5, 5.41) is 5.53. The van der Waals surface area contributed by atoms with E-state index in [1.165, 1.54) is 28.8 Å². The van der Waals surface area contributed by atoms with Crippen LogP contribution in [-0.4, -0.2) is 21.3 Å². The van der Waals surface area contributed by atoms with Gasteiger partial charge in [0.05, 0.1) is 22.1 Å². The summed E-state index contributed by atoms with van der Waals surface area (Å²) in [6.07, 6.45) is 5.42. The lowest BCUT2D eigenvalue weighted by atomic mass is 9.87. The van der Waals surface area contributed by atoms with Gasteiger partial charge in [-0.3, -0.25) is 0 Å². The molecule has 4 nitrogen and oxygen atoms in total. The molecule has 102 valence electrons. The minimum Gasteiger partial charge on any atom is -0.330 e. The van der Waals surface area contributed by atoms with Gasteiger partial charge in [0.2, 0.25) is 5.13 Å². The number of thiazole rings is 1. The van der Waals surface area contributed by atoms with Gasteiger partial charge in [-0.05, 0) is 49.4 Å². The zero-order valence-corrected chi connectivity index (χ0v) is 11.9. The Morgan fingerprint density at radius 1 is 1.35 bits per heavy atom. The first-order valence-electron chi connectivity index (χ1n) is 6.99. The Balaban J connectivity index is 1.84. The molecule has 1 unspecified atom stereocenters. The van der Waals surface area contributed by atoms with Crippen molar-refractivity contribution in [3.63, 3.8) is 0 Å². The molecule has 0 saturated heterocycles. The molecule has 1 atom stereocenters. The standard InChI is InChI=1S/C15H16N4S/c16-8-10-4-3-6-13-11(10)9-17-19(13)15-18-12-5-1-2-7-14(12)20-15/h1-2,5,7,9-10H,3-4,6,8,16H2. The average molecular weight is 284 g/mol. The Kier molecular flexibility index (Phi) is 2.82. The van der Waals surface area contributed by atoms with Crippen LogP contribution in [0.5, 0.6) is 0 Å². The molecule has 1 aromatic carbocycles. The van der Waals surface area contributed by atoms with Crippen LogP contribution in [0.25, 0.3) is 15.3 Å². The first-order chi connectivity index (χ1) is 9.86. The van der Waals surface area contributed by atoms with Gasteiger partial charge in [-0.2, -0.15) is 5.10 Å². The summed E-state index contributed by atoms with van der Waals surface area (Å²) in [7, 11) is 0. The zero-order valence-electron chi connectivity index (χ0n) is 11.1. The molecule has 0 fully saturated rings. The second-order valence-electron chi connectivity index (χ2n) is 5.25. The molecular formula is C15H16N4S. The van der Waals surface area contributed by atoms with Crippen LogP contribution in [0.15, 0.2) is 30.5 Å². The van der Waals surface area contributed by atoms with Crippen molar-refractivity contribution in [2.75, 3.05) is 6.54 Å². The first kappa shape index (κ1) is 12.1. The molecule has 2 aromatic heterocycles. The zero-order chi connectivity index (χ0) is 13.5. The van der Waals surface area contributed by atoms with E-state index in [9.17, 15) is 0 Å². The van der Waals surface area contributed by atoms with Crippen molar-refractivity contribution in [3.05, 3.63) is 41.7 Å². The number of para-hydroxylation sites is 1. The van der Waals surface area contributed by atoms with E-state index in [0.29, 0.717) is 12.5 Å². The van der Waals surface area contributed by atoms with Crippen molar-refractivity contribution in [2.24, 2.45) is 5.73 Å². The molecule has 1 aliphatic rings. The van der Waals surface area contributed by atoms with E-state index in [4.69, 9.17) is 10.7 Å². The molecule has 0 radical (unpaired) electrons. The Bertz CT molecular complexity index is 725. The summed E-state index contributed by atoms with van der Waals surface area (Å²) in [5.41, 5.74) is 9.54. The Morgan fingerprint density at radius 3 is 3.10 bits per heavy atom. The summed E-state index contributed by atoms with van der Waals surface area (Å²) in [6, 6.07) is 8.23. The number of aromatic nitrogens is 3. The fourth-order valence-electron chi connectivity index (χ4n) is 3.01. The molecular weight excluding hydrogens is 268 g/mol. The smallest absolute Gasteiger partial charge is 0.211 e. The van der Waals surface area contributed by atoms with E-state index >= 15 is 0 Å². The minimum atomic E-state index is 0.460. The van der Waals surface area contributed by atoms with E-state index in [1.807, 2.05) is 29.1 Å². The molecule has 1 aliphatic carbocycles. The molecule has 3 aromatic rings. The SMILES string of the molecule is NCC1CCCc2c1cnn2-c1nc2ccccc2s1. The average Bonchev–Trinajstić information content (AvgIpc) is 3.09. The quantitative estimate of drug-likeness (QED) is 0.787. The highest BCUT2D eigenvalue weighted by molar-refractivity contribution is 7.20. The van der Waals surface area contributed by atoms with Gasteiger partial charge in [0.15, 0.2) is 0 Å². The lowest BCUT2D eigenvalue weighted by Gasteiger charge is -2.21. The summed E-state index contributed by atoms with van der Waals surface area (Å²) in [6.45, 7) is 0.707. The van der Waals surface area contributed by atoms with Gasteiger partial charge in [0, 0.05) is 0 Å². The van der Waals surface area contributed by atoms with Crippen LogP contribution in [0.2, 0.25) is 0 Å². The second kappa shape index (κ2) is 4.68. The number of fused-ring (bicyclic) bond motifs is 2. The van der Waals surface area contributed by atoms with Gasteiger partial charge in [-0.1, -0.05) is 23.5 Å². The highest BCUT2D eigenvalue weighted by Crippen LogP contribution is 2.33. The van der Waals surface area contributed by atoms with E-state index in [2.05, 4.69) is 11.2 Å². The van der Waals surface area contributed by atoms with E-state index in [1.54, 1.807) is 11.3 Å². The van der Waals surface area contributed by atoms with Gasteiger partial charge in [0.1, 0.15) is 0 Å². The van der Waals surface area contributed by atoms with Crippen LogP contribution in [0, 0.1) is 0 Å². The number of benzene rings is 1. The predicted molar refractivity (Wildman–Crippen MR) is 81.5 cm³/mol. The fraction of sp³-hybridized carbons (Fsp3) is 0.333. The summed E-state index contributed by atoms with van der Waals surface area (Å²) >= 11 is 1.69. The van der Waals surface area contributed by atoms with Crippen LogP contribution in [0.4, 0.5) is 0 Å². The summed E-state index contributed by atoms with van der Waals surface area (Å²) in [5.74, 6) is 0.460. The Hall–Kier alpha value is -1.72. The summed E-state index contributed by atoms with van der Waals surface area (Å²) in [4.78, 5) is 4.70. The molecule has 5 heteroatoms. The number of hydrogen-bond acceptors (Lipinski definition) is 4. The third kappa shape index (κ3) is 1.77. The molecule has 0 spiro atoms. The van der Waals surface area contributed by atoms with Gasteiger partial charge in [0.25, 0.3) is 0 Å². The molecule has 0 bridgehead atoms. The molecule has 0 amide bonds. The van der Waals surface area contributed by atoms with E-state index in [-0.39, 0.29) is 0 Å². The van der Waals surface area contributed by atoms with Crippen molar-refractivity contribution in [1.29, 1.82) is 0 Å². The van der Waals surface area contributed by atoms with Crippen molar-refractivity contribution < 1.29 is 0 Å². The molecule has 2 N–H and O–H groups in total. The number of hydrogen-bond donors (Lipinski definition) is 1. The lowest BCUT2D eigenvalue weighted by Crippen LogP contribution is -2.18. The van der Waals surface area contributed by atoms with Crippen molar-refractivity contribution in [2.45, 2.75) is 25.2 Å². The topological polar surface area (TPSA) is 56.7 Å². The van der Waals surface area contributed by atoms with Crippen molar-refractivity contribution in [1.82, 2.24) is 14.8 Å². The van der Waals surface area contributed by atoms with Gasteiger partial charge >= 0.3 is 0 Å². The lowest BCUT2D eigenvalue weighted by molar-refractivity contribution is 0.549. The normalized spacial score (nSPS) is 18.4. The number of nitrogens with two attached hydrogens (primary N) is 1. The third-order valence-electron chi connectivity index (χ3n) is 4.06. The fourth-order valence-corrected chi connectivity index (χ4v) is 3.96. The third-order valence-corrected chi connectivity index (χ3v) is 5.07. The van der Waals surface area contributed by atoms with E-state index in [0.717, 1.165) is 17.1 Å². The first-order valence-corrected chi connectivity index (χ1v) is 7.81. The van der Waals surface area contributed by atoms with Crippen LogP contribution >= 0.6 is 11.3 Å². The maximum Gasteiger partial charge on any atom is 0.211 e. The van der Waals surface area contributed by atoms with Crippen LogP contribution in [0.1, 0.15) is 30.0 Å². The largest absolute Gasteiger partial charge is 0.330 e. The van der Waals surface area contributed by atoms with Crippen molar-refractivity contribution in [3.8, 4) is 5.13 Å². The number of rotatable bonds is 2. The minimum absolute atomic E-state index is 0.460. The molecule has 2 heterocycles. The highest BCUT2D eigenvalue weighted by atomic mass is 32.1. The molecule has 0 saturated carbocycles. The number of nitrogens with zero attached hydrogens (tertiary/aromatic N) is 3. The highest BCUT2D eigenvalue weighted by Gasteiger charge is 2.24. The van der Waals surface area contributed by atoms with Gasteiger partial charge in [-0.15, -0.1) is 0 Å². The van der Waals surface area contributed by atoms with Gasteiger partial charge < -0.3 is 5.73 Å². The van der Waals surface area contributed by atoms with Crippen LogP contribution in [-0.2, 0) is 6.42 Å². The molecule has 0 aliphatic heterocycles. The monoisotopic (exact) mass is 284 g/mol. The van der Waals surface area contributed by atoms with Crippen LogP contribution < -0.4 is 5.73 Å². The van der Waals surface area contributed by atoms with Crippen LogP contribution in [0.3, 0.4) is 0 Å². The van der Waals surface area contributed by atoms with E-state index < -0.39 is 0 Å². The molecule has 20 heavy (non-hydrogen) atoms. The van der Waals surface area contributed by atoms with Gasteiger partial charge in [-0.25, -0.2) is 9.67 Å². The maximum absolute atomic E-state index is 5.88. The summed E-state index contributed by atoms with van der Waals surface area (Å²) < 4.78 is 3.22.